The summed E-state index contributed by atoms with van der Waals surface area (Å²) in [5.74, 6) is 0.0359. The highest BCUT2D eigenvalue weighted by Gasteiger charge is 2.18. The first-order valence-electron chi connectivity index (χ1n) is 7.40. The third-order valence-corrected chi connectivity index (χ3v) is 4.21. The predicted octanol–water partition coefficient (Wildman–Crippen LogP) is 2.63. The monoisotopic (exact) mass is 310 g/mol. The van der Waals surface area contributed by atoms with Crippen molar-refractivity contribution in [1.29, 1.82) is 0 Å². The molecule has 1 heterocycles. The molecule has 1 aromatic carbocycles. The highest BCUT2D eigenvalue weighted by atomic mass is 35.5. The SMILES string of the molecule is C[C@H](c1ccc(Cl)cc1)N(C)CC(=O)NC[C@@H]1CCCO1. The number of amides is 1. The number of rotatable bonds is 6. The third kappa shape index (κ3) is 4.99. The second kappa shape index (κ2) is 7.78. The van der Waals surface area contributed by atoms with Crippen LogP contribution in [0.3, 0.4) is 0 Å². The number of nitrogens with zero attached hydrogens (tertiary/aromatic N) is 1. The highest BCUT2D eigenvalue weighted by Crippen LogP contribution is 2.20. The quantitative estimate of drug-likeness (QED) is 0.878. The van der Waals surface area contributed by atoms with Crippen molar-refractivity contribution in [2.75, 3.05) is 26.7 Å². The van der Waals surface area contributed by atoms with Crippen LogP contribution < -0.4 is 5.32 Å². The molecule has 0 aromatic heterocycles. The Morgan fingerprint density at radius 1 is 1.48 bits per heavy atom. The van der Waals surface area contributed by atoms with Crippen LogP contribution in [-0.2, 0) is 9.53 Å². The molecule has 0 radical (unpaired) electrons. The zero-order chi connectivity index (χ0) is 15.2. The lowest BCUT2D eigenvalue weighted by molar-refractivity contribution is -0.122. The van der Waals surface area contributed by atoms with Crippen molar-refractivity contribution < 1.29 is 9.53 Å². The van der Waals surface area contributed by atoms with E-state index in [1.807, 2.05) is 36.2 Å². The minimum absolute atomic E-state index is 0.0359. The van der Waals surface area contributed by atoms with Gasteiger partial charge in [0.2, 0.25) is 5.91 Å². The van der Waals surface area contributed by atoms with Crippen LogP contribution in [0.15, 0.2) is 24.3 Å². The number of halogens is 1. The van der Waals surface area contributed by atoms with Gasteiger partial charge < -0.3 is 10.1 Å². The molecule has 21 heavy (non-hydrogen) atoms. The van der Waals surface area contributed by atoms with Crippen LogP contribution in [0, 0.1) is 0 Å². The lowest BCUT2D eigenvalue weighted by atomic mass is 10.1. The second-order valence-corrected chi connectivity index (χ2v) is 6.02. The largest absolute Gasteiger partial charge is 0.376 e. The second-order valence-electron chi connectivity index (χ2n) is 5.58. The molecule has 1 aliphatic heterocycles. The number of benzene rings is 1. The van der Waals surface area contributed by atoms with Crippen molar-refractivity contribution in [2.24, 2.45) is 0 Å². The number of carbonyl (C=O) groups excluding carboxylic acids is 1. The van der Waals surface area contributed by atoms with Gasteiger partial charge in [-0.15, -0.1) is 0 Å². The summed E-state index contributed by atoms with van der Waals surface area (Å²) < 4.78 is 5.50. The van der Waals surface area contributed by atoms with E-state index in [4.69, 9.17) is 16.3 Å². The summed E-state index contributed by atoms with van der Waals surface area (Å²) in [4.78, 5) is 14.0. The van der Waals surface area contributed by atoms with E-state index < -0.39 is 0 Å². The van der Waals surface area contributed by atoms with Gasteiger partial charge in [-0.3, -0.25) is 9.69 Å². The standard InChI is InChI=1S/C16H23ClN2O2/c1-12(13-5-7-14(17)8-6-13)19(2)11-16(20)18-10-15-4-3-9-21-15/h5-8,12,15H,3-4,9-11H2,1-2H3,(H,18,20)/t12-,15+/m1/s1. The summed E-state index contributed by atoms with van der Waals surface area (Å²) in [6, 6.07) is 7.90. The molecular formula is C16H23ClN2O2. The van der Waals surface area contributed by atoms with Crippen LogP contribution in [0.2, 0.25) is 5.02 Å². The fraction of sp³-hybridized carbons (Fsp3) is 0.562. The molecule has 2 atom stereocenters. The van der Waals surface area contributed by atoms with Crippen molar-refractivity contribution in [1.82, 2.24) is 10.2 Å². The Morgan fingerprint density at radius 3 is 2.81 bits per heavy atom. The van der Waals surface area contributed by atoms with E-state index in [9.17, 15) is 4.79 Å². The summed E-state index contributed by atoms with van der Waals surface area (Å²) in [7, 11) is 1.95. The number of likely N-dealkylation sites (N-methyl/N-ethyl adjacent to an activating group) is 1. The van der Waals surface area contributed by atoms with E-state index >= 15 is 0 Å². The van der Waals surface area contributed by atoms with Gasteiger partial charge in [-0.25, -0.2) is 0 Å². The van der Waals surface area contributed by atoms with Crippen LogP contribution in [0.5, 0.6) is 0 Å². The van der Waals surface area contributed by atoms with Crippen molar-refractivity contribution in [3.8, 4) is 0 Å². The summed E-state index contributed by atoms with van der Waals surface area (Å²) in [6.45, 7) is 3.88. The molecule has 2 rings (SSSR count). The summed E-state index contributed by atoms with van der Waals surface area (Å²) >= 11 is 5.89. The molecule has 1 aliphatic rings. The van der Waals surface area contributed by atoms with E-state index in [-0.39, 0.29) is 18.1 Å². The van der Waals surface area contributed by atoms with Crippen molar-refractivity contribution in [3.05, 3.63) is 34.9 Å². The maximum absolute atomic E-state index is 12.0. The van der Waals surface area contributed by atoms with Gasteiger partial charge in [-0.05, 0) is 44.5 Å². The Hall–Kier alpha value is -1.10. The normalized spacial score (nSPS) is 19.7. The zero-order valence-corrected chi connectivity index (χ0v) is 13.4. The topological polar surface area (TPSA) is 41.6 Å². The Bertz CT molecular complexity index is 458. The van der Waals surface area contributed by atoms with E-state index in [1.54, 1.807) is 0 Å². The molecule has 4 nitrogen and oxygen atoms in total. The van der Waals surface area contributed by atoms with Crippen LogP contribution in [0.4, 0.5) is 0 Å². The number of carbonyl (C=O) groups is 1. The average Bonchev–Trinajstić information content (AvgIpc) is 2.98. The van der Waals surface area contributed by atoms with Gasteiger partial charge in [0.15, 0.2) is 0 Å². The Morgan fingerprint density at radius 2 is 2.19 bits per heavy atom. The zero-order valence-electron chi connectivity index (χ0n) is 12.6. The first-order valence-corrected chi connectivity index (χ1v) is 7.78. The van der Waals surface area contributed by atoms with E-state index in [2.05, 4.69) is 12.2 Å². The van der Waals surface area contributed by atoms with Crippen molar-refractivity contribution >= 4 is 17.5 Å². The molecule has 1 amide bonds. The van der Waals surface area contributed by atoms with Crippen LogP contribution in [0.25, 0.3) is 0 Å². The smallest absolute Gasteiger partial charge is 0.234 e. The lowest BCUT2D eigenvalue weighted by Crippen LogP contribution is -2.39. The molecule has 116 valence electrons. The van der Waals surface area contributed by atoms with Gasteiger partial charge in [-0.1, -0.05) is 23.7 Å². The molecule has 5 heteroatoms. The van der Waals surface area contributed by atoms with Gasteiger partial charge in [0.05, 0.1) is 12.6 Å². The number of hydrogen-bond acceptors (Lipinski definition) is 3. The number of hydrogen-bond donors (Lipinski definition) is 1. The molecule has 0 aliphatic carbocycles. The van der Waals surface area contributed by atoms with Crippen LogP contribution >= 0.6 is 11.6 Å². The predicted molar refractivity (Wildman–Crippen MR) is 84.5 cm³/mol. The summed E-state index contributed by atoms with van der Waals surface area (Å²) in [6.07, 6.45) is 2.32. The summed E-state index contributed by atoms with van der Waals surface area (Å²) in [5, 5.41) is 3.67. The molecule has 0 bridgehead atoms. The number of nitrogens with one attached hydrogen (secondary N) is 1. The van der Waals surface area contributed by atoms with Gasteiger partial charge in [-0.2, -0.15) is 0 Å². The molecular weight excluding hydrogens is 288 g/mol. The van der Waals surface area contributed by atoms with E-state index in [0.717, 1.165) is 30.0 Å². The first-order chi connectivity index (χ1) is 10.1. The highest BCUT2D eigenvalue weighted by molar-refractivity contribution is 6.30. The molecule has 1 fully saturated rings. The van der Waals surface area contributed by atoms with Crippen LogP contribution in [0.1, 0.15) is 31.4 Å². The fourth-order valence-corrected chi connectivity index (χ4v) is 2.57. The van der Waals surface area contributed by atoms with E-state index in [0.29, 0.717) is 13.1 Å². The first kappa shape index (κ1) is 16.3. The van der Waals surface area contributed by atoms with Crippen molar-refractivity contribution in [2.45, 2.75) is 31.9 Å². The Balaban J connectivity index is 1.77. The third-order valence-electron chi connectivity index (χ3n) is 3.96. The fourth-order valence-electron chi connectivity index (χ4n) is 2.45. The summed E-state index contributed by atoms with van der Waals surface area (Å²) in [5.41, 5.74) is 1.15. The molecule has 1 N–H and O–H groups in total. The molecule has 0 spiro atoms. The van der Waals surface area contributed by atoms with Gasteiger partial charge in [0, 0.05) is 24.2 Å². The van der Waals surface area contributed by atoms with Gasteiger partial charge >= 0.3 is 0 Å². The van der Waals surface area contributed by atoms with Gasteiger partial charge in [0.1, 0.15) is 0 Å². The molecule has 1 saturated heterocycles. The lowest BCUT2D eigenvalue weighted by Gasteiger charge is -2.24. The van der Waals surface area contributed by atoms with Gasteiger partial charge in [0.25, 0.3) is 0 Å². The molecule has 0 saturated carbocycles. The molecule has 1 aromatic rings. The molecule has 0 unspecified atom stereocenters. The minimum Gasteiger partial charge on any atom is -0.376 e. The Labute approximate surface area is 131 Å². The maximum atomic E-state index is 12.0. The number of ether oxygens (including phenoxy) is 1. The minimum atomic E-state index is 0.0359. The van der Waals surface area contributed by atoms with Crippen LogP contribution in [-0.4, -0.2) is 43.7 Å². The van der Waals surface area contributed by atoms with E-state index in [1.165, 1.54) is 0 Å². The average molecular weight is 311 g/mol. The maximum Gasteiger partial charge on any atom is 0.234 e. The Kier molecular flexibility index (Phi) is 6.03. The van der Waals surface area contributed by atoms with Crippen molar-refractivity contribution in [3.63, 3.8) is 0 Å².